The topological polar surface area (TPSA) is 42.2 Å². The Balaban J connectivity index is 1.16. The number of fused-ring (bicyclic) bond motifs is 6. The molecule has 0 radical (unpaired) electrons. The maximum atomic E-state index is 6.64. The van der Waals surface area contributed by atoms with Crippen LogP contribution in [0.25, 0.3) is 77.0 Å². The molecule has 2 aromatic heterocycles. The molecule has 0 bridgehead atoms. The molecule has 234 valence electrons. The Morgan fingerprint density at radius 1 is 0.420 bits per heavy atom. The molecule has 0 saturated heterocycles. The van der Waals surface area contributed by atoms with Crippen molar-refractivity contribution in [3.8, 4) is 22.6 Å². The normalized spacial score (nSPS) is 11.6. The zero-order valence-electron chi connectivity index (χ0n) is 27.0. The number of hydrogen-bond acceptors (Lipinski definition) is 4. The van der Waals surface area contributed by atoms with Crippen molar-refractivity contribution in [2.24, 2.45) is 0 Å². The molecule has 0 atom stereocenters. The van der Waals surface area contributed by atoms with Crippen molar-refractivity contribution in [2.45, 2.75) is 0 Å². The zero-order chi connectivity index (χ0) is 33.0. The van der Waals surface area contributed by atoms with Crippen LogP contribution in [0.2, 0.25) is 0 Å². The first-order valence-electron chi connectivity index (χ1n) is 16.8. The van der Waals surface area contributed by atoms with Crippen molar-refractivity contribution in [3.05, 3.63) is 176 Å². The Hall–Kier alpha value is -6.78. The summed E-state index contributed by atoms with van der Waals surface area (Å²) in [7, 11) is 0. The summed E-state index contributed by atoms with van der Waals surface area (Å²) in [5.74, 6) is 0.675. The lowest BCUT2D eigenvalue weighted by molar-refractivity contribution is 0.669. The number of benzene rings is 8. The van der Waals surface area contributed by atoms with E-state index < -0.39 is 0 Å². The number of hydrogen-bond donors (Lipinski definition) is 0. The quantitative estimate of drug-likeness (QED) is 0.188. The molecule has 0 aliphatic rings. The molecule has 0 aliphatic carbocycles. The van der Waals surface area contributed by atoms with E-state index in [2.05, 4.69) is 138 Å². The minimum Gasteiger partial charge on any atom is -0.456 e. The first kappa shape index (κ1) is 28.3. The van der Waals surface area contributed by atoms with Gasteiger partial charge < -0.3 is 9.32 Å². The van der Waals surface area contributed by atoms with E-state index in [1.54, 1.807) is 0 Å². The van der Waals surface area contributed by atoms with Crippen LogP contribution < -0.4 is 4.90 Å². The maximum absolute atomic E-state index is 6.64. The third kappa shape index (κ3) is 4.69. The fourth-order valence-electron chi connectivity index (χ4n) is 7.23. The molecule has 10 rings (SSSR count). The number of nitrogens with zero attached hydrogens (tertiary/aromatic N) is 3. The smallest absolute Gasteiger partial charge is 0.161 e. The van der Waals surface area contributed by atoms with Crippen LogP contribution in [-0.2, 0) is 0 Å². The van der Waals surface area contributed by atoms with E-state index in [1.165, 1.54) is 21.5 Å². The molecule has 2 heterocycles. The summed E-state index contributed by atoms with van der Waals surface area (Å²) >= 11 is 0. The van der Waals surface area contributed by atoms with Gasteiger partial charge in [0.05, 0.1) is 11.2 Å². The van der Waals surface area contributed by atoms with Crippen LogP contribution in [0.3, 0.4) is 0 Å². The van der Waals surface area contributed by atoms with Gasteiger partial charge in [0.1, 0.15) is 11.2 Å². The van der Waals surface area contributed by atoms with Gasteiger partial charge in [-0.1, -0.05) is 121 Å². The van der Waals surface area contributed by atoms with Crippen molar-refractivity contribution in [1.29, 1.82) is 0 Å². The molecule has 4 nitrogen and oxygen atoms in total. The molecule has 4 heteroatoms. The third-order valence-corrected chi connectivity index (χ3v) is 9.61. The summed E-state index contributed by atoms with van der Waals surface area (Å²) in [5, 5.41) is 7.85. The molecule has 0 fully saturated rings. The highest BCUT2D eigenvalue weighted by atomic mass is 16.3. The van der Waals surface area contributed by atoms with E-state index in [1.807, 2.05) is 42.5 Å². The summed E-state index contributed by atoms with van der Waals surface area (Å²) in [6.45, 7) is 0. The first-order chi connectivity index (χ1) is 24.8. The van der Waals surface area contributed by atoms with Gasteiger partial charge in [-0.25, -0.2) is 9.97 Å². The molecular formula is C46H29N3O. The van der Waals surface area contributed by atoms with Gasteiger partial charge in [0, 0.05) is 50.4 Å². The average Bonchev–Trinajstić information content (AvgIpc) is 3.56. The van der Waals surface area contributed by atoms with Crippen molar-refractivity contribution in [1.82, 2.24) is 9.97 Å². The highest BCUT2D eigenvalue weighted by Crippen LogP contribution is 2.42. The van der Waals surface area contributed by atoms with Gasteiger partial charge in [-0.15, -0.1) is 0 Å². The van der Waals surface area contributed by atoms with E-state index in [-0.39, 0.29) is 0 Å². The molecule has 0 spiro atoms. The van der Waals surface area contributed by atoms with Crippen LogP contribution in [0, 0.1) is 0 Å². The molecule has 0 aliphatic heterocycles. The Morgan fingerprint density at radius 2 is 1.04 bits per heavy atom. The van der Waals surface area contributed by atoms with Crippen molar-refractivity contribution in [3.63, 3.8) is 0 Å². The van der Waals surface area contributed by atoms with Gasteiger partial charge in [-0.2, -0.15) is 0 Å². The van der Waals surface area contributed by atoms with E-state index in [0.717, 1.165) is 66.7 Å². The standard InChI is InChI=1S/C46H29N3O/c1-2-13-32(14-3-1)45-38-17-8-9-19-41(38)47-46(48-45)40-18-10-20-42-44(40)39-26-25-37(29-43(39)50-42)49(35-23-21-30-11-4-6-15-33(30)27-35)36-24-22-31-12-5-7-16-34(31)28-36/h1-29H. The number of furan rings is 1. The minimum atomic E-state index is 0.675. The van der Waals surface area contributed by atoms with Gasteiger partial charge in [0.15, 0.2) is 5.82 Å². The minimum absolute atomic E-state index is 0.675. The predicted molar refractivity (Wildman–Crippen MR) is 207 cm³/mol. The molecule has 0 unspecified atom stereocenters. The SMILES string of the molecule is c1ccc(-c2nc(-c3cccc4oc5cc(N(c6ccc7ccccc7c6)c6ccc7ccccc7c6)ccc5c34)nc3ccccc23)cc1. The molecule has 8 aromatic carbocycles. The Labute approximate surface area is 288 Å². The zero-order valence-corrected chi connectivity index (χ0v) is 27.0. The average molecular weight is 640 g/mol. The van der Waals surface area contributed by atoms with E-state index in [0.29, 0.717) is 5.82 Å². The van der Waals surface area contributed by atoms with Crippen molar-refractivity contribution >= 4 is 71.4 Å². The predicted octanol–water partition coefficient (Wildman–Crippen LogP) is 12.6. The summed E-state index contributed by atoms with van der Waals surface area (Å²) in [4.78, 5) is 12.6. The van der Waals surface area contributed by atoms with Crippen LogP contribution in [0.1, 0.15) is 0 Å². The Kier molecular flexibility index (Phi) is 6.46. The largest absolute Gasteiger partial charge is 0.456 e. The highest BCUT2D eigenvalue weighted by molar-refractivity contribution is 6.13. The van der Waals surface area contributed by atoms with Gasteiger partial charge in [0.2, 0.25) is 0 Å². The van der Waals surface area contributed by atoms with Crippen LogP contribution in [-0.4, -0.2) is 9.97 Å². The van der Waals surface area contributed by atoms with E-state index in [4.69, 9.17) is 14.4 Å². The lowest BCUT2D eigenvalue weighted by Crippen LogP contribution is -2.09. The van der Waals surface area contributed by atoms with Gasteiger partial charge in [-0.3, -0.25) is 0 Å². The maximum Gasteiger partial charge on any atom is 0.161 e. The van der Waals surface area contributed by atoms with Gasteiger partial charge in [-0.05, 0) is 70.1 Å². The summed E-state index contributed by atoms with van der Waals surface area (Å²) < 4.78 is 6.64. The second-order valence-electron chi connectivity index (χ2n) is 12.6. The Morgan fingerprint density at radius 3 is 1.78 bits per heavy atom. The lowest BCUT2D eigenvalue weighted by Gasteiger charge is -2.26. The monoisotopic (exact) mass is 639 g/mol. The van der Waals surface area contributed by atoms with Crippen LogP contribution in [0.4, 0.5) is 17.1 Å². The van der Waals surface area contributed by atoms with Gasteiger partial charge >= 0.3 is 0 Å². The number of rotatable bonds is 5. The molecular weight excluding hydrogens is 611 g/mol. The van der Waals surface area contributed by atoms with E-state index in [9.17, 15) is 0 Å². The number of anilines is 3. The molecule has 0 amide bonds. The number of aromatic nitrogens is 2. The molecule has 0 saturated carbocycles. The van der Waals surface area contributed by atoms with Crippen LogP contribution in [0.15, 0.2) is 180 Å². The highest BCUT2D eigenvalue weighted by Gasteiger charge is 2.20. The van der Waals surface area contributed by atoms with Crippen LogP contribution >= 0.6 is 0 Å². The third-order valence-electron chi connectivity index (χ3n) is 9.61. The van der Waals surface area contributed by atoms with Crippen molar-refractivity contribution < 1.29 is 4.42 Å². The second kappa shape index (κ2) is 11.4. The molecule has 10 aromatic rings. The van der Waals surface area contributed by atoms with Crippen LogP contribution in [0.5, 0.6) is 0 Å². The van der Waals surface area contributed by atoms with Gasteiger partial charge in [0.25, 0.3) is 0 Å². The molecule has 0 N–H and O–H groups in total. The second-order valence-corrected chi connectivity index (χ2v) is 12.6. The fourth-order valence-corrected chi connectivity index (χ4v) is 7.23. The summed E-state index contributed by atoms with van der Waals surface area (Å²) in [6.07, 6.45) is 0. The summed E-state index contributed by atoms with van der Waals surface area (Å²) in [6, 6.07) is 61.5. The number of para-hydroxylation sites is 1. The van der Waals surface area contributed by atoms with Crippen molar-refractivity contribution in [2.75, 3.05) is 4.90 Å². The van der Waals surface area contributed by atoms with E-state index >= 15 is 0 Å². The summed E-state index contributed by atoms with van der Waals surface area (Å²) in [5.41, 5.74) is 8.60. The lowest BCUT2D eigenvalue weighted by atomic mass is 10.0. The fraction of sp³-hybridized carbons (Fsp3) is 0. The Bertz CT molecular complexity index is 2810. The first-order valence-corrected chi connectivity index (χ1v) is 16.8. The molecule has 50 heavy (non-hydrogen) atoms.